The van der Waals surface area contributed by atoms with E-state index in [9.17, 15) is 4.39 Å². The number of alkyl halides is 1. The van der Waals surface area contributed by atoms with E-state index in [0.29, 0.717) is 29.6 Å². The van der Waals surface area contributed by atoms with Gasteiger partial charge >= 0.3 is 0 Å². The lowest BCUT2D eigenvalue weighted by molar-refractivity contribution is 0.217. The fourth-order valence-corrected chi connectivity index (χ4v) is 3.96. The molecule has 1 aliphatic heterocycles. The van der Waals surface area contributed by atoms with Gasteiger partial charge in [-0.05, 0) is 32.2 Å². The minimum Gasteiger partial charge on any atom is -0.347 e. The smallest absolute Gasteiger partial charge is 0.241 e. The summed E-state index contributed by atoms with van der Waals surface area (Å²) in [5.41, 5.74) is 0.762. The Labute approximate surface area is 157 Å². The number of anilines is 1. The molecular weight excluding hydrogens is 366 g/mol. The van der Waals surface area contributed by atoms with Crippen LogP contribution in [0.25, 0.3) is 5.52 Å². The molecule has 2 N–H and O–H groups in total. The van der Waals surface area contributed by atoms with E-state index < -0.39 is 6.17 Å². The summed E-state index contributed by atoms with van der Waals surface area (Å²) in [5.74, 6) is 1.33. The molecule has 0 amide bonds. The Morgan fingerprint density at radius 2 is 2.28 bits per heavy atom. The quantitative estimate of drug-likeness (QED) is 0.841. The first-order valence-electron chi connectivity index (χ1n) is 8.66. The molecule has 1 aliphatic carbocycles. The molecule has 0 aromatic carbocycles. The van der Waals surface area contributed by atoms with Crippen molar-refractivity contribution in [2.45, 2.75) is 56.7 Å². The van der Waals surface area contributed by atoms with Gasteiger partial charge in [-0.3, -0.25) is 0 Å². The fraction of sp³-hybridized carbons (Fsp3) is 0.688. The van der Waals surface area contributed by atoms with Gasteiger partial charge in [0.1, 0.15) is 17.5 Å². The zero-order chi connectivity index (χ0) is 16.7. The van der Waals surface area contributed by atoms with Crippen LogP contribution in [-0.4, -0.2) is 44.9 Å². The minimum absolute atomic E-state index is 0. The zero-order valence-corrected chi connectivity index (χ0v) is 15.7. The van der Waals surface area contributed by atoms with E-state index in [0.717, 1.165) is 31.6 Å². The van der Waals surface area contributed by atoms with Gasteiger partial charge in [-0.25, -0.2) is 18.9 Å². The van der Waals surface area contributed by atoms with E-state index in [1.165, 1.54) is 6.42 Å². The second-order valence-electron chi connectivity index (χ2n) is 6.85. The summed E-state index contributed by atoms with van der Waals surface area (Å²) in [4.78, 5) is 8.88. The summed E-state index contributed by atoms with van der Waals surface area (Å²) < 4.78 is 15.8. The standard InChI is InChI=1S/C16H22ClFN6.ClH/c1-2-16(5-3-6-16)14-22-13(17)12-9-20-15(23-24(12)14)21-11-4-7-19-8-10(11)18;/h9-11,19H,2-8H2,1H3,(H,21,23);1H/t10-,11+;/m1./s1. The summed E-state index contributed by atoms with van der Waals surface area (Å²) >= 11 is 6.29. The molecule has 2 fully saturated rings. The van der Waals surface area contributed by atoms with Crippen molar-refractivity contribution in [3.8, 4) is 0 Å². The van der Waals surface area contributed by atoms with Gasteiger partial charge in [0, 0.05) is 12.0 Å². The molecule has 2 aromatic rings. The number of nitrogens with zero attached hydrogens (tertiary/aromatic N) is 4. The van der Waals surface area contributed by atoms with E-state index in [2.05, 4.69) is 32.6 Å². The van der Waals surface area contributed by atoms with Crippen molar-refractivity contribution in [3.05, 3.63) is 17.2 Å². The predicted octanol–water partition coefficient (Wildman–Crippen LogP) is 3.14. The maximum atomic E-state index is 14.0. The first-order chi connectivity index (χ1) is 11.6. The molecule has 1 saturated carbocycles. The van der Waals surface area contributed by atoms with Crippen molar-refractivity contribution in [1.29, 1.82) is 0 Å². The highest BCUT2D eigenvalue weighted by Gasteiger charge is 2.41. The average molecular weight is 389 g/mol. The third-order valence-corrected chi connectivity index (χ3v) is 5.81. The summed E-state index contributed by atoms with van der Waals surface area (Å²) in [6.07, 6.45) is 5.85. The number of halogens is 3. The Hall–Kier alpha value is -1.18. The number of nitrogens with one attached hydrogen (secondary N) is 2. The SMILES string of the molecule is CCC1(c2nc(Cl)c3cnc(N[C@H]4CCNC[C@H]4F)nn23)CCC1.Cl. The van der Waals surface area contributed by atoms with E-state index in [4.69, 9.17) is 11.6 Å². The van der Waals surface area contributed by atoms with Crippen LogP contribution >= 0.6 is 24.0 Å². The molecule has 1 saturated heterocycles. The Kier molecular flexibility index (Phi) is 5.37. The summed E-state index contributed by atoms with van der Waals surface area (Å²) in [6, 6.07) is -0.269. The second kappa shape index (κ2) is 7.21. The minimum atomic E-state index is -0.947. The molecule has 3 heterocycles. The maximum absolute atomic E-state index is 14.0. The lowest BCUT2D eigenvalue weighted by atomic mass is 9.66. The van der Waals surface area contributed by atoms with Crippen LogP contribution in [0.1, 0.15) is 44.9 Å². The van der Waals surface area contributed by atoms with Gasteiger partial charge in [-0.15, -0.1) is 17.5 Å². The normalized spacial score (nSPS) is 25.2. The van der Waals surface area contributed by atoms with Crippen LogP contribution < -0.4 is 10.6 Å². The molecule has 6 nitrogen and oxygen atoms in total. The van der Waals surface area contributed by atoms with E-state index in [-0.39, 0.29) is 23.9 Å². The average Bonchev–Trinajstić information content (AvgIpc) is 2.86. The van der Waals surface area contributed by atoms with E-state index in [1.807, 2.05) is 0 Å². The number of rotatable bonds is 4. The van der Waals surface area contributed by atoms with Crippen LogP contribution in [0.2, 0.25) is 5.15 Å². The van der Waals surface area contributed by atoms with Crippen LogP contribution in [0.15, 0.2) is 6.20 Å². The van der Waals surface area contributed by atoms with Crippen LogP contribution in [0.4, 0.5) is 10.3 Å². The third-order valence-electron chi connectivity index (χ3n) is 5.53. The monoisotopic (exact) mass is 388 g/mol. The van der Waals surface area contributed by atoms with Crippen molar-refractivity contribution >= 4 is 35.5 Å². The van der Waals surface area contributed by atoms with Crippen LogP contribution in [0, 0.1) is 0 Å². The molecule has 2 atom stereocenters. The van der Waals surface area contributed by atoms with Gasteiger partial charge in [0.2, 0.25) is 5.95 Å². The molecule has 2 aliphatic rings. The Morgan fingerprint density at radius 1 is 1.48 bits per heavy atom. The van der Waals surface area contributed by atoms with E-state index >= 15 is 0 Å². The van der Waals surface area contributed by atoms with Crippen LogP contribution in [0.5, 0.6) is 0 Å². The Balaban J connectivity index is 0.00000182. The van der Waals surface area contributed by atoms with Crippen molar-refractivity contribution in [1.82, 2.24) is 24.9 Å². The number of hydrogen-bond acceptors (Lipinski definition) is 5. The molecule has 9 heteroatoms. The third kappa shape index (κ3) is 3.17. The summed E-state index contributed by atoms with van der Waals surface area (Å²) in [6.45, 7) is 3.33. The summed E-state index contributed by atoms with van der Waals surface area (Å²) in [7, 11) is 0. The van der Waals surface area contributed by atoms with Crippen molar-refractivity contribution in [2.75, 3.05) is 18.4 Å². The molecule has 138 valence electrons. The number of hydrogen-bond donors (Lipinski definition) is 2. The first-order valence-corrected chi connectivity index (χ1v) is 9.04. The van der Waals surface area contributed by atoms with Crippen molar-refractivity contribution in [3.63, 3.8) is 0 Å². The van der Waals surface area contributed by atoms with E-state index in [1.54, 1.807) is 10.7 Å². The van der Waals surface area contributed by atoms with Gasteiger partial charge in [0.25, 0.3) is 0 Å². The van der Waals surface area contributed by atoms with Crippen molar-refractivity contribution in [2.24, 2.45) is 0 Å². The topological polar surface area (TPSA) is 67.1 Å². The maximum Gasteiger partial charge on any atom is 0.241 e. The molecule has 25 heavy (non-hydrogen) atoms. The van der Waals surface area contributed by atoms with Gasteiger partial charge in [-0.1, -0.05) is 24.9 Å². The highest BCUT2D eigenvalue weighted by molar-refractivity contribution is 6.32. The molecular formula is C16H23Cl2FN6. The zero-order valence-electron chi connectivity index (χ0n) is 14.1. The largest absolute Gasteiger partial charge is 0.347 e. The molecule has 2 aromatic heterocycles. The van der Waals surface area contributed by atoms with Gasteiger partial charge in [0.05, 0.1) is 12.2 Å². The highest BCUT2D eigenvalue weighted by Crippen LogP contribution is 2.46. The van der Waals surface area contributed by atoms with Gasteiger partial charge in [-0.2, -0.15) is 0 Å². The second-order valence-corrected chi connectivity index (χ2v) is 7.21. The lowest BCUT2D eigenvalue weighted by Gasteiger charge is -2.39. The van der Waals surface area contributed by atoms with Gasteiger partial charge in [0.15, 0.2) is 5.15 Å². The highest BCUT2D eigenvalue weighted by atomic mass is 35.5. The number of fused-ring (bicyclic) bond motifs is 1. The predicted molar refractivity (Wildman–Crippen MR) is 98.7 cm³/mol. The van der Waals surface area contributed by atoms with Crippen LogP contribution in [-0.2, 0) is 5.41 Å². The molecule has 0 bridgehead atoms. The molecule has 0 spiro atoms. The lowest BCUT2D eigenvalue weighted by Crippen LogP contribution is -2.45. The van der Waals surface area contributed by atoms with Crippen LogP contribution in [0.3, 0.4) is 0 Å². The van der Waals surface area contributed by atoms with Crippen molar-refractivity contribution < 1.29 is 4.39 Å². The number of imidazole rings is 1. The molecule has 4 rings (SSSR count). The Bertz CT molecular complexity index is 742. The number of piperidine rings is 1. The number of aromatic nitrogens is 4. The fourth-order valence-electron chi connectivity index (χ4n) is 3.75. The summed E-state index contributed by atoms with van der Waals surface area (Å²) in [5, 5.41) is 11.2. The first kappa shape index (κ1) is 18.6. The molecule has 0 radical (unpaired) electrons. The Morgan fingerprint density at radius 3 is 2.92 bits per heavy atom. The molecule has 0 unspecified atom stereocenters. The van der Waals surface area contributed by atoms with Gasteiger partial charge < -0.3 is 10.6 Å².